The quantitative estimate of drug-likeness (QED) is 0.346. The van der Waals surface area contributed by atoms with Gasteiger partial charge in [-0.05, 0) is 56.4 Å². The second-order valence-corrected chi connectivity index (χ2v) is 9.48. The van der Waals surface area contributed by atoms with Gasteiger partial charge in [0.15, 0.2) is 0 Å². The average Bonchev–Trinajstić information content (AvgIpc) is 3.27. The normalized spacial score (nSPS) is 14.9. The van der Waals surface area contributed by atoms with Crippen molar-refractivity contribution in [2.45, 2.75) is 18.6 Å². The highest BCUT2D eigenvalue weighted by Crippen LogP contribution is 2.39. The van der Waals surface area contributed by atoms with E-state index in [1.165, 1.54) is 0 Å². The number of aromatic nitrogens is 1. The van der Waals surface area contributed by atoms with Crippen molar-refractivity contribution in [3.63, 3.8) is 0 Å². The van der Waals surface area contributed by atoms with Crippen molar-refractivity contribution in [3.8, 4) is 22.4 Å². The van der Waals surface area contributed by atoms with Crippen LogP contribution in [0.1, 0.15) is 23.0 Å². The molecule has 0 saturated carbocycles. The molecule has 0 bridgehead atoms. The summed E-state index contributed by atoms with van der Waals surface area (Å²) in [5.74, 6) is -2.78. The van der Waals surface area contributed by atoms with E-state index in [9.17, 15) is 18.0 Å². The molecule has 0 spiro atoms. The van der Waals surface area contributed by atoms with Gasteiger partial charge in [0.2, 0.25) is 0 Å². The van der Waals surface area contributed by atoms with Crippen molar-refractivity contribution in [1.29, 1.82) is 0 Å². The zero-order valence-electron chi connectivity index (χ0n) is 21.1. The summed E-state index contributed by atoms with van der Waals surface area (Å²) < 4.78 is 34.0. The number of carboxylic acids is 1. The number of benzene rings is 2. The largest absolute Gasteiger partial charge is 0.490 e. The van der Waals surface area contributed by atoms with E-state index in [0.717, 1.165) is 48.4 Å². The van der Waals surface area contributed by atoms with Gasteiger partial charge in [-0.3, -0.25) is 4.79 Å². The maximum atomic E-state index is 12.8. The Morgan fingerprint density at radius 3 is 2.37 bits per heavy atom. The minimum absolute atomic E-state index is 0.0257. The summed E-state index contributed by atoms with van der Waals surface area (Å²) in [5, 5.41) is 14.4. The SMILES string of the molecule is CN(C)CCNCCC1CNC(=O)c2cc(-c3cccc(Cl)c3)c(-c3ccccc3)n21.O=C(O)C(F)(F)F. The van der Waals surface area contributed by atoms with Crippen LogP contribution in [0.25, 0.3) is 22.4 Å². The number of carboxylic acid groups (broad SMARTS) is 1. The van der Waals surface area contributed by atoms with Crippen molar-refractivity contribution in [2.24, 2.45) is 0 Å². The lowest BCUT2D eigenvalue weighted by atomic mass is 10.0. The molecule has 11 heteroatoms. The molecule has 204 valence electrons. The number of alkyl halides is 3. The van der Waals surface area contributed by atoms with Crippen LogP contribution in [0.5, 0.6) is 0 Å². The van der Waals surface area contributed by atoms with Gasteiger partial charge < -0.3 is 25.2 Å². The average molecular weight is 551 g/mol. The van der Waals surface area contributed by atoms with Gasteiger partial charge in [0.05, 0.1) is 11.7 Å². The van der Waals surface area contributed by atoms with E-state index >= 15 is 0 Å². The molecule has 0 fully saturated rings. The molecule has 38 heavy (non-hydrogen) atoms. The van der Waals surface area contributed by atoms with Crippen molar-refractivity contribution in [1.82, 2.24) is 20.1 Å². The highest BCUT2D eigenvalue weighted by Gasteiger charge is 2.38. The summed E-state index contributed by atoms with van der Waals surface area (Å²) in [6, 6.07) is 20.3. The second kappa shape index (κ2) is 12.9. The summed E-state index contributed by atoms with van der Waals surface area (Å²) in [6.07, 6.45) is -4.15. The Morgan fingerprint density at radius 2 is 1.76 bits per heavy atom. The fraction of sp³-hybridized carbons (Fsp3) is 0.333. The third-order valence-electron chi connectivity index (χ3n) is 5.95. The van der Waals surface area contributed by atoms with Crippen molar-refractivity contribution in [3.05, 3.63) is 71.4 Å². The molecule has 2 aromatic carbocycles. The molecule has 3 N–H and O–H groups in total. The first-order chi connectivity index (χ1) is 18.0. The molecule has 1 aromatic heterocycles. The Balaban J connectivity index is 0.000000505. The number of hydrogen-bond donors (Lipinski definition) is 3. The van der Waals surface area contributed by atoms with Gasteiger partial charge in [0.1, 0.15) is 5.69 Å². The molecule has 1 atom stereocenters. The molecule has 0 aliphatic carbocycles. The number of aliphatic carboxylic acids is 1. The van der Waals surface area contributed by atoms with Crippen molar-refractivity contribution < 1.29 is 27.9 Å². The maximum Gasteiger partial charge on any atom is 0.490 e. The van der Waals surface area contributed by atoms with E-state index in [2.05, 4.69) is 52.4 Å². The topological polar surface area (TPSA) is 86.6 Å². The first-order valence-electron chi connectivity index (χ1n) is 12.0. The number of rotatable bonds is 8. The highest BCUT2D eigenvalue weighted by atomic mass is 35.5. The van der Waals surface area contributed by atoms with E-state index in [4.69, 9.17) is 21.5 Å². The fourth-order valence-corrected chi connectivity index (χ4v) is 4.36. The number of halogens is 4. The number of nitrogens with one attached hydrogen (secondary N) is 2. The van der Waals surface area contributed by atoms with Crippen LogP contribution in [-0.4, -0.2) is 72.9 Å². The van der Waals surface area contributed by atoms with Crippen LogP contribution in [0, 0.1) is 0 Å². The summed E-state index contributed by atoms with van der Waals surface area (Å²) >= 11 is 6.30. The zero-order valence-corrected chi connectivity index (χ0v) is 21.8. The Kier molecular flexibility index (Phi) is 9.96. The van der Waals surface area contributed by atoms with Gasteiger partial charge in [-0.1, -0.05) is 54.1 Å². The number of hydrogen-bond acceptors (Lipinski definition) is 4. The molecule has 7 nitrogen and oxygen atoms in total. The lowest BCUT2D eigenvalue weighted by Crippen LogP contribution is -2.40. The smallest absolute Gasteiger partial charge is 0.475 e. The lowest BCUT2D eigenvalue weighted by Gasteiger charge is -2.29. The van der Waals surface area contributed by atoms with Gasteiger partial charge in [-0.2, -0.15) is 13.2 Å². The third-order valence-corrected chi connectivity index (χ3v) is 6.18. The number of amides is 1. The Morgan fingerprint density at radius 1 is 1.11 bits per heavy atom. The van der Waals surface area contributed by atoms with Crippen LogP contribution in [0.3, 0.4) is 0 Å². The Bertz CT molecular complexity index is 1250. The Labute approximate surface area is 224 Å². The van der Waals surface area contributed by atoms with Crippen molar-refractivity contribution >= 4 is 23.5 Å². The molecule has 1 unspecified atom stereocenters. The molecule has 2 heterocycles. The van der Waals surface area contributed by atoms with E-state index in [1.807, 2.05) is 42.5 Å². The number of carbonyl (C=O) groups excluding carboxylic acids is 1. The second-order valence-electron chi connectivity index (χ2n) is 9.05. The molecular formula is C27H30ClF3N4O3. The van der Waals surface area contributed by atoms with Crippen LogP contribution in [0.2, 0.25) is 5.02 Å². The van der Waals surface area contributed by atoms with Gasteiger partial charge in [0.25, 0.3) is 5.91 Å². The summed E-state index contributed by atoms with van der Waals surface area (Å²) in [4.78, 5) is 23.9. The number of nitrogens with zero attached hydrogens (tertiary/aromatic N) is 2. The molecule has 1 aliphatic heterocycles. The van der Waals surface area contributed by atoms with Gasteiger partial charge in [-0.15, -0.1) is 0 Å². The minimum atomic E-state index is -5.08. The van der Waals surface area contributed by atoms with Crippen LogP contribution in [-0.2, 0) is 4.79 Å². The van der Waals surface area contributed by atoms with E-state index in [1.54, 1.807) is 0 Å². The van der Waals surface area contributed by atoms with E-state index in [0.29, 0.717) is 17.3 Å². The van der Waals surface area contributed by atoms with Gasteiger partial charge >= 0.3 is 12.1 Å². The zero-order chi connectivity index (χ0) is 27.9. The molecule has 1 amide bonds. The molecular weight excluding hydrogens is 521 g/mol. The minimum Gasteiger partial charge on any atom is -0.475 e. The predicted octanol–water partition coefficient (Wildman–Crippen LogP) is 4.93. The molecule has 3 aromatic rings. The van der Waals surface area contributed by atoms with Crippen LogP contribution in [0.15, 0.2) is 60.7 Å². The number of fused-ring (bicyclic) bond motifs is 1. The van der Waals surface area contributed by atoms with Crippen LogP contribution < -0.4 is 10.6 Å². The maximum absolute atomic E-state index is 12.8. The fourth-order valence-electron chi connectivity index (χ4n) is 4.17. The lowest BCUT2D eigenvalue weighted by molar-refractivity contribution is -0.192. The highest BCUT2D eigenvalue weighted by molar-refractivity contribution is 6.30. The molecule has 0 radical (unpaired) electrons. The van der Waals surface area contributed by atoms with E-state index in [-0.39, 0.29) is 11.9 Å². The summed E-state index contributed by atoms with van der Waals surface area (Å²) in [6.45, 7) is 3.48. The summed E-state index contributed by atoms with van der Waals surface area (Å²) in [7, 11) is 4.15. The monoisotopic (exact) mass is 550 g/mol. The summed E-state index contributed by atoms with van der Waals surface area (Å²) in [5.41, 5.74) is 4.93. The molecule has 1 aliphatic rings. The van der Waals surface area contributed by atoms with Crippen LogP contribution >= 0.6 is 11.6 Å². The van der Waals surface area contributed by atoms with Crippen LogP contribution in [0.4, 0.5) is 13.2 Å². The molecule has 0 saturated heterocycles. The van der Waals surface area contributed by atoms with E-state index < -0.39 is 12.1 Å². The predicted molar refractivity (Wildman–Crippen MR) is 141 cm³/mol. The third kappa shape index (κ3) is 7.59. The number of likely N-dealkylation sites (N-methyl/N-ethyl adjacent to an activating group) is 1. The first-order valence-corrected chi connectivity index (χ1v) is 12.4. The number of carbonyl (C=O) groups is 2. The first kappa shape index (κ1) is 29.2. The standard InChI is InChI=1S/C25H29ClN4O.C2HF3O2/c1-29(2)14-13-27-12-11-21-17-28-25(31)23-16-22(19-9-6-10-20(26)15-19)24(30(21)23)18-7-4-3-5-8-18;3-2(4,5)1(6)7/h3-10,15-16,21,27H,11-14,17H2,1-2H3,(H,28,31);(H,6,7). The van der Waals surface area contributed by atoms with Gasteiger partial charge in [0, 0.05) is 30.2 Å². The van der Waals surface area contributed by atoms with Crippen molar-refractivity contribution in [2.75, 3.05) is 40.3 Å². The molecule has 4 rings (SSSR count). The van der Waals surface area contributed by atoms with Gasteiger partial charge in [-0.25, -0.2) is 4.79 Å². The Hall–Kier alpha value is -3.34.